The van der Waals surface area contributed by atoms with Gasteiger partial charge in [-0.05, 0) is 18.6 Å². The molecule has 0 aliphatic carbocycles. The molecule has 0 aliphatic rings. The van der Waals surface area contributed by atoms with Crippen LogP contribution in [0.4, 0.5) is 0 Å². The van der Waals surface area contributed by atoms with Gasteiger partial charge in [0.15, 0.2) is 12.8 Å². The van der Waals surface area contributed by atoms with E-state index in [4.69, 9.17) is 0 Å². The molecule has 60 valence electrons. The number of allylic oxidation sites excluding steroid dienone is 3. The lowest BCUT2D eigenvalue weighted by Crippen LogP contribution is -2.08. The van der Waals surface area contributed by atoms with Crippen LogP contribution in [0.3, 0.4) is 0 Å². The average molecular weight is 150 g/mol. The quantitative estimate of drug-likeness (QED) is 0.328. The Bertz CT molecular complexity index is 175. The van der Waals surface area contributed by atoms with Crippen molar-refractivity contribution in [3.05, 3.63) is 37.0 Å². The molecule has 0 heterocycles. The van der Waals surface area contributed by atoms with Crippen molar-refractivity contribution in [1.82, 2.24) is 0 Å². The Balaban J connectivity index is 4.03. The van der Waals surface area contributed by atoms with Crippen molar-refractivity contribution in [2.75, 3.05) is 13.6 Å². The SMILES string of the molecule is C=C/C=C(\C)C/[N+](C)=C/C=C. The molecule has 0 fully saturated rings. The average Bonchev–Trinajstić information content (AvgIpc) is 1.87. The number of hydrogen-bond donors (Lipinski definition) is 0. The molecule has 0 bridgehead atoms. The molecular formula is C10H16N+. The minimum absolute atomic E-state index is 0.929. The van der Waals surface area contributed by atoms with Crippen molar-refractivity contribution >= 4 is 6.21 Å². The number of rotatable bonds is 4. The van der Waals surface area contributed by atoms with Crippen LogP contribution in [0.25, 0.3) is 0 Å². The standard InChI is InChI=1S/C10H16N/c1-5-7-10(3)9-11(4)8-6-2/h5-8H,1-2,9H2,3-4H3/q+1/b10-7+,11-8+. The van der Waals surface area contributed by atoms with Gasteiger partial charge in [0, 0.05) is 0 Å². The summed E-state index contributed by atoms with van der Waals surface area (Å²) in [6.45, 7) is 10.3. The number of hydrogen-bond acceptors (Lipinski definition) is 0. The van der Waals surface area contributed by atoms with Gasteiger partial charge in [0.2, 0.25) is 0 Å². The van der Waals surface area contributed by atoms with Gasteiger partial charge in [-0.25, -0.2) is 4.58 Å². The molecule has 0 aliphatic heterocycles. The smallest absolute Gasteiger partial charge is 0.164 e. The van der Waals surface area contributed by atoms with Crippen LogP contribution in [-0.4, -0.2) is 24.4 Å². The molecule has 0 saturated heterocycles. The normalized spacial score (nSPS) is 12.9. The monoisotopic (exact) mass is 150 g/mol. The summed E-state index contributed by atoms with van der Waals surface area (Å²) < 4.78 is 2.07. The Kier molecular flexibility index (Phi) is 5.09. The number of nitrogens with zero attached hydrogens (tertiary/aromatic N) is 1. The highest BCUT2D eigenvalue weighted by atomic mass is 14.9. The van der Waals surface area contributed by atoms with E-state index in [1.807, 2.05) is 19.3 Å². The zero-order valence-electron chi connectivity index (χ0n) is 7.38. The summed E-state index contributed by atoms with van der Waals surface area (Å²) in [7, 11) is 2.02. The van der Waals surface area contributed by atoms with Crippen LogP contribution in [0, 0.1) is 0 Å². The van der Waals surface area contributed by atoms with Crippen LogP contribution in [0.5, 0.6) is 0 Å². The molecule has 0 N–H and O–H groups in total. The third-order valence-corrected chi connectivity index (χ3v) is 1.26. The topological polar surface area (TPSA) is 3.01 Å². The second kappa shape index (κ2) is 5.66. The zero-order valence-corrected chi connectivity index (χ0v) is 7.38. The first-order chi connectivity index (χ1) is 5.20. The van der Waals surface area contributed by atoms with E-state index >= 15 is 0 Å². The summed E-state index contributed by atoms with van der Waals surface area (Å²) in [5, 5.41) is 0. The first-order valence-corrected chi connectivity index (χ1v) is 3.65. The lowest BCUT2D eigenvalue weighted by Gasteiger charge is -1.94. The van der Waals surface area contributed by atoms with Crippen LogP contribution in [0.15, 0.2) is 37.0 Å². The highest BCUT2D eigenvalue weighted by Gasteiger charge is 1.94. The van der Waals surface area contributed by atoms with Gasteiger partial charge in [0.05, 0.1) is 0 Å². The lowest BCUT2D eigenvalue weighted by molar-refractivity contribution is -0.483. The third-order valence-electron chi connectivity index (χ3n) is 1.26. The first kappa shape index (κ1) is 9.89. The first-order valence-electron chi connectivity index (χ1n) is 3.65. The van der Waals surface area contributed by atoms with Gasteiger partial charge in [-0.15, -0.1) is 0 Å². The maximum atomic E-state index is 3.63. The van der Waals surface area contributed by atoms with Crippen LogP contribution >= 0.6 is 0 Å². The van der Waals surface area contributed by atoms with Gasteiger partial charge in [-0.2, -0.15) is 0 Å². The predicted molar refractivity (Wildman–Crippen MR) is 51.3 cm³/mol. The van der Waals surface area contributed by atoms with E-state index in [1.165, 1.54) is 5.57 Å². The Labute approximate surface area is 69.1 Å². The van der Waals surface area contributed by atoms with E-state index in [2.05, 4.69) is 24.7 Å². The molecule has 1 heteroatoms. The van der Waals surface area contributed by atoms with Gasteiger partial charge < -0.3 is 0 Å². The van der Waals surface area contributed by atoms with Gasteiger partial charge >= 0.3 is 0 Å². The highest BCUT2D eigenvalue weighted by molar-refractivity contribution is 5.64. The zero-order chi connectivity index (χ0) is 8.69. The molecule has 0 radical (unpaired) electrons. The van der Waals surface area contributed by atoms with E-state index in [9.17, 15) is 0 Å². The van der Waals surface area contributed by atoms with E-state index in [1.54, 1.807) is 12.2 Å². The summed E-state index contributed by atoms with van der Waals surface area (Å²) in [5.41, 5.74) is 1.29. The second-order valence-corrected chi connectivity index (χ2v) is 2.55. The minimum Gasteiger partial charge on any atom is -0.235 e. The molecule has 0 saturated carbocycles. The summed E-state index contributed by atoms with van der Waals surface area (Å²) in [6.07, 6.45) is 7.53. The number of likely N-dealkylation sites (N-methyl/N-ethyl adjacent to an activating group) is 1. The highest BCUT2D eigenvalue weighted by Crippen LogP contribution is 1.91. The molecule has 1 nitrogen and oxygen atoms in total. The van der Waals surface area contributed by atoms with E-state index in [0.29, 0.717) is 0 Å². The molecule has 0 amide bonds. The summed E-state index contributed by atoms with van der Waals surface area (Å²) in [6, 6.07) is 0. The van der Waals surface area contributed by atoms with Gasteiger partial charge in [-0.1, -0.05) is 25.3 Å². The van der Waals surface area contributed by atoms with Crippen molar-refractivity contribution in [3.63, 3.8) is 0 Å². The van der Waals surface area contributed by atoms with Crippen LogP contribution in [-0.2, 0) is 0 Å². The molecule has 11 heavy (non-hydrogen) atoms. The van der Waals surface area contributed by atoms with E-state index < -0.39 is 0 Å². The van der Waals surface area contributed by atoms with Crippen molar-refractivity contribution in [3.8, 4) is 0 Å². The minimum atomic E-state index is 0.929. The molecule has 0 unspecified atom stereocenters. The molecule has 0 aromatic rings. The van der Waals surface area contributed by atoms with Crippen LogP contribution < -0.4 is 0 Å². The molecular weight excluding hydrogens is 134 g/mol. The molecule has 0 spiro atoms. The Hall–Kier alpha value is -1.11. The summed E-state index contributed by atoms with van der Waals surface area (Å²) >= 11 is 0. The van der Waals surface area contributed by atoms with Crippen molar-refractivity contribution in [1.29, 1.82) is 0 Å². The molecule has 0 aromatic carbocycles. The lowest BCUT2D eigenvalue weighted by atomic mass is 10.3. The predicted octanol–water partition coefficient (Wildman–Crippen LogP) is 2.02. The summed E-state index contributed by atoms with van der Waals surface area (Å²) in [4.78, 5) is 0. The summed E-state index contributed by atoms with van der Waals surface area (Å²) in [5.74, 6) is 0. The molecule has 0 rings (SSSR count). The fraction of sp³-hybridized carbons (Fsp3) is 0.300. The second-order valence-electron chi connectivity index (χ2n) is 2.55. The maximum absolute atomic E-state index is 3.63. The Morgan fingerprint density at radius 2 is 2.00 bits per heavy atom. The van der Waals surface area contributed by atoms with Crippen LogP contribution in [0.1, 0.15) is 6.92 Å². The Morgan fingerprint density at radius 3 is 2.45 bits per heavy atom. The van der Waals surface area contributed by atoms with Gasteiger partial charge in [0.1, 0.15) is 7.05 Å². The van der Waals surface area contributed by atoms with Crippen molar-refractivity contribution < 1.29 is 4.58 Å². The van der Waals surface area contributed by atoms with Crippen LogP contribution in [0.2, 0.25) is 0 Å². The fourth-order valence-electron chi connectivity index (χ4n) is 0.880. The fourth-order valence-corrected chi connectivity index (χ4v) is 0.880. The van der Waals surface area contributed by atoms with Gasteiger partial charge in [-0.3, -0.25) is 0 Å². The molecule has 0 aromatic heterocycles. The Morgan fingerprint density at radius 1 is 1.36 bits per heavy atom. The van der Waals surface area contributed by atoms with Crippen molar-refractivity contribution in [2.24, 2.45) is 0 Å². The third kappa shape index (κ3) is 5.34. The maximum Gasteiger partial charge on any atom is 0.164 e. The largest absolute Gasteiger partial charge is 0.235 e. The molecule has 0 atom stereocenters. The van der Waals surface area contributed by atoms with E-state index in [0.717, 1.165) is 6.54 Å². The van der Waals surface area contributed by atoms with Crippen molar-refractivity contribution in [2.45, 2.75) is 6.92 Å². The van der Waals surface area contributed by atoms with E-state index in [-0.39, 0.29) is 0 Å². The van der Waals surface area contributed by atoms with Gasteiger partial charge in [0.25, 0.3) is 0 Å².